The Morgan fingerprint density at radius 3 is 2.48 bits per heavy atom. The normalized spacial score (nSPS) is 10.4. The predicted molar refractivity (Wildman–Crippen MR) is 110 cm³/mol. The number of para-hydroxylation sites is 1. The Labute approximate surface area is 166 Å². The summed E-state index contributed by atoms with van der Waals surface area (Å²) in [6.45, 7) is 0. The number of methoxy groups -OCH3 is 2. The van der Waals surface area contributed by atoms with E-state index in [2.05, 4.69) is 10.3 Å². The van der Waals surface area contributed by atoms with E-state index in [0.29, 0.717) is 0 Å². The highest BCUT2D eigenvalue weighted by Gasteiger charge is 2.09. The molecule has 7 heteroatoms. The van der Waals surface area contributed by atoms with E-state index in [1.54, 1.807) is 37.3 Å². The third-order valence-electron chi connectivity index (χ3n) is 3.70. The molecule has 0 aliphatic carbocycles. The van der Waals surface area contributed by atoms with Gasteiger partial charge in [-0.1, -0.05) is 30.0 Å². The summed E-state index contributed by atoms with van der Waals surface area (Å²) >= 11 is 3.17. The fourth-order valence-corrected chi connectivity index (χ4v) is 4.20. The SMILES string of the molecule is COc1cc(CSc2nc(CC(=O)Nc3ccccc3)cs2)cc(OC)c1. The van der Waals surface area contributed by atoms with Gasteiger partial charge >= 0.3 is 0 Å². The Morgan fingerprint density at radius 1 is 1.11 bits per heavy atom. The highest BCUT2D eigenvalue weighted by Crippen LogP contribution is 2.30. The molecule has 0 atom stereocenters. The van der Waals surface area contributed by atoms with Gasteiger partial charge in [0.25, 0.3) is 0 Å². The van der Waals surface area contributed by atoms with Crippen LogP contribution in [0, 0.1) is 0 Å². The molecule has 0 saturated carbocycles. The van der Waals surface area contributed by atoms with E-state index in [9.17, 15) is 4.79 Å². The summed E-state index contributed by atoms with van der Waals surface area (Å²) in [4.78, 5) is 16.7. The zero-order chi connectivity index (χ0) is 19.1. The molecule has 1 N–H and O–H groups in total. The van der Waals surface area contributed by atoms with Crippen molar-refractivity contribution in [2.24, 2.45) is 0 Å². The van der Waals surface area contributed by atoms with Crippen molar-refractivity contribution >= 4 is 34.7 Å². The monoisotopic (exact) mass is 400 g/mol. The van der Waals surface area contributed by atoms with Gasteiger partial charge in [-0.2, -0.15) is 0 Å². The van der Waals surface area contributed by atoms with Crippen LogP contribution in [0.1, 0.15) is 11.3 Å². The predicted octanol–water partition coefficient (Wildman–Crippen LogP) is 4.63. The van der Waals surface area contributed by atoms with Crippen LogP contribution in [0.3, 0.4) is 0 Å². The molecule has 27 heavy (non-hydrogen) atoms. The van der Waals surface area contributed by atoms with Gasteiger partial charge in [-0.15, -0.1) is 11.3 Å². The molecule has 5 nitrogen and oxygen atoms in total. The summed E-state index contributed by atoms with van der Waals surface area (Å²) in [5.74, 6) is 2.21. The van der Waals surface area contributed by atoms with Gasteiger partial charge < -0.3 is 14.8 Å². The molecule has 0 saturated heterocycles. The molecule has 0 aliphatic rings. The topological polar surface area (TPSA) is 60.5 Å². The third kappa shape index (κ3) is 5.74. The summed E-state index contributed by atoms with van der Waals surface area (Å²) in [7, 11) is 3.28. The Morgan fingerprint density at radius 2 is 1.81 bits per heavy atom. The van der Waals surface area contributed by atoms with Crippen molar-refractivity contribution in [3.05, 3.63) is 65.2 Å². The Balaban J connectivity index is 1.56. The molecular formula is C20H20N2O3S2. The zero-order valence-electron chi connectivity index (χ0n) is 15.1. The number of nitrogens with zero attached hydrogens (tertiary/aromatic N) is 1. The number of anilines is 1. The fourth-order valence-electron chi connectivity index (χ4n) is 2.42. The first-order valence-electron chi connectivity index (χ1n) is 8.30. The van der Waals surface area contributed by atoms with Crippen molar-refractivity contribution < 1.29 is 14.3 Å². The van der Waals surface area contributed by atoms with E-state index in [0.717, 1.165) is 38.5 Å². The molecule has 1 amide bonds. The Hall–Kier alpha value is -2.51. The van der Waals surface area contributed by atoms with Crippen molar-refractivity contribution in [3.8, 4) is 11.5 Å². The van der Waals surface area contributed by atoms with Gasteiger partial charge in [0.05, 0.1) is 26.3 Å². The number of thiazole rings is 1. The number of aromatic nitrogens is 1. The van der Waals surface area contributed by atoms with Gasteiger partial charge in [0.2, 0.25) is 5.91 Å². The first kappa shape index (κ1) is 19.3. The number of rotatable bonds is 8. The van der Waals surface area contributed by atoms with Gasteiger partial charge in [-0.25, -0.2) is 4.98 Å². The van der Waals surface area contributed by atoms with Crippen LogP contribution in [0.2, 0.25) is 0 Å². The molecule has 1 heterocycles. The Bertz CT molecular complexity index is 875. The molecule has 0 fully saturated rings. The smallest absolute Gasteiger partial charge is 0.230 e. The van der Waals surface area contributed by atoms with Crippen molar-refractivity contribution in [3.63, 3.8) is 0 Å². The summed E-state index contributed by atoms with van der Waals surface area (Å²) in [6, 6.07) is 15.2. The van der Waals surface area contributed by atoms with Crippen molar-refractivity contribution in [1.29, 1.82) is 0 Å². The first-order chi connectivity index (χ1) is 13.2. The van der Waals surface area contributed by atoms with E-state index in [4.69, 9.17) is 9.47 Å². The van der Waals surface area contributed by atoms with Crippen LogP contribution in [-0.4, -0.2) is 25.1 Å². The molecule has 2 aromatic carbocycles. The van der Waals surface area contributed by atoms with Crippen LogP contribution < -0.4 is 14.8 Å². The molecule has 0 unspecified atom stereocenters. The fraction of sp³-hybridized carbons (Fsp3) is 0.200. The van der Waals surface area contributed by atoms with Gasteiger partial charge in [-0.3, -0.25) is 4.79 Å². The average molecular weight is 401 g/mol. The molecule has 3 aromatic rings. The highest BCUT2D eigenvalue weighted by atomic mass is 32.2. The largest absolute Gasteiger partial charge is 0.497 e. The summed E-state index contributed by atoms with van der Waals surface area (Å²) in [5.41, 5.74) is 2.66. The standard InChI is InChI=1S/C20H20N2O3S2/c1-24-17-8-14(9-18(11-17)25-2)12-26-20-22-16(13-27-20)10-19(23)21-15-6-4-3-5-7-15/h3-9,11,13H,10,12H2,1-2H3,(H,21,23). The number of ether oxygens (including phenoxy) is 2. The number of amides is 1. The zero-order valence-corrected chi connectivity index (χ0v) is 16.7. The molecule has 0 radical (unpaired) electrons. The molecule has 140 valence electrons. The minimum atomic E-state index is -0.0689. The lowest BCUT2D eigenvalue weighted by Gasteiger charge is -2.07. The van der Waals surface area contributed by atoms with Crippen LogP contribution in [0.15, 0.2) is 58.3 Å². The number of nitrogens with one attached hydrogen (secondary N) is 1. The van der Waals surface area contributed by atoms with E-state index >= 15 is 0 Å². The minimum Gasteiger partial charge on any atom is -0.497 e. The van der Waals surface area contributed by atoms with Gasteiger partial charge in [-0.05, 0) is 29.8 Å². The van der Waals surface area contributed by atoms with E-state index in [-0.39, 0.29) is 12.3 Å². The quantitative estimate of drug-likeness (QED) is 0.559. The van der Waals surface area contributed by atoms with E-state index in [1.165, 1.54) is 0 Å². The summed E-state index contributed by atoms with van der Waals surface area (Å²) in [6.07, 6.45) is 0.263. The second-order valence-electron chi connectivity index (χ2n) is 5.71. The second-order valence-corrected chi connectivity index (χ2v) is 7.79. The number of hydrogen-bond donors (Lipinski definition) is 1. The van der Waals surface area contributed by atoms with Crippen LogP contribution in [0.4, 0.5) is 5.69 Å². The van der Waals surface area contributed by atoms with Crippen LogP contribution >= 0.6 is 23.1 Å². The van der Waals surface area contributed by atoms with Gasteiger partial charge in [0, 0.05) is 22.9 Å². The maximum Gasteiger partial charge on any atom is 0.230 e. The second kappa shape index (κ2) is 9.43. The highest BCUT2D eigenvalue weighted by molar-refractivity contribution is 8.00. The molecule has 1 aromatic heterocycles. The van der Waals surface area contributed by atoms with Crippen molar-refractivity contribution in [2.75, 3.05) is 19.5 Å². The molecule has 0 spiro atoms. The first-order valence-corrected chi connectivity index (χ1v) is 10.2. The maximum atomic E-state index is 12.1. The molecule has 0 aliphatic heterocycles. The molecule has 3 rings (SSSR count). The van der Waals surface area contributed by atoms with Gasteiger partial charge in [0.15, 0.2) is 0 Å². The summed E-state index contributed by atoms with van der Waals surface area (Å²) < 4.78 is 11.5. The number of carbonyl (C=O) groups is 1. The molecule has 0 bridgehead atoms. The summed E-state index contributed by atoms with van der Waals surface area (Å²) in [5, 5.41) is 4.80. The lowest BCUT2D eigenvalue weighted by Crippen LogP contribution is -2.14. The van der Waals surface area contributed by atoms with Crippen LogP contribution in [-0.2, 0) is 17.0 Å². The third-order valence-corrected chi connectivity index (χ3v) is 5.84. The van der Waals surface area contributed by atoms with E-state index < -0.39 is 0 Å². The van der Waals surface area contributed by atoms with Crippen molar-refractivity contribution in [1.82, 2.24) is 4.98 Å². The lowest BCUT2D eigenvalue weighted by molar-refractivity contribution is -0.115. The number of hydrogen-bond acceptors (Lipinski definition) is 6. The minimum absolute atomic E-state index is 0.0689. The van der Waals surface area contributed by atoms with Gasteiger partial charge in [0.1, 0.15) is 15.8 Å². The van der Waals surface area contributed by atoms with E-state index in [1.807, 2.05) is 53.9 Å². The molecular weight excluding hydrogens is 380 g/mol. The van der Waals surface area contributed by atoms with Crippen LogP contribution in [0.5, 0.6) is 11.5 Å². The van der Waals surface area contributed by atoms with Crippen molar-refractivity contribution in [2.45, 2.75) is 16.5 Å². The lowest BCUT2D eigenvalue weighted by atomic mass is 10.2. The maximum absolute atomic E-state index is 12.1. The number of carbonyl (C=O) groups excluding carboxylic acids is 1. The number of thioether (sulfide) groups is 1. The van der Waals surface area contributed by atoms with Crippen LogP contribution in [0.25, 0.3) is 0 Å². The Kier molecular flexibility index (Phi) is 6.73. The average Bonchev–Trinajstić information content (AvgIpc) is 3.14. The number of benzene rings is 2.